The van der Waals surface area contributed by atoms with Crippen molar-refractivity contribution >= 4 is 0 Å². The van der Waals surface area contributed by atoms with Crippen LogP contribution >= 0.6 is 0 Å². The topological polar surface area (TPSA) is 21.3 Å². The van der Waals surface area contributed by atoms with Crippen LogP contribution < -0.4 is 5.32 Å². The third-order valence-electron chi connectivity index (χ3n) is 4.29. The Hall–Kier alpha value is -0.860. The van der Waals surface area contributed by atoms with E-state index >= 15 is 0 Å². The Morgan fingerprint density at radius 3 is 2.21 bits per heavy atom. The fourth-order valence-corrected chi connectivity index (χ4v) is 2.74. The van der Waals surface area contributed by atoms with Gasteiger partial charge in [-0.05, 0) is 43.2 Å². The molecule has 0 radical (unpaired) electrons. The van der Waals surface area contributed by atoms with Crippen molar-refractivity contribution < 1.29 is 4.74 Å². The summed E-state index contributed by atoms with van der Waals surface area (Å²) in [4.78, 5) is 0. The van der Waals surface area contributed by atoms with Gasteiger partial charge >= 0.3 is 0 Å². The largest absolute Gasteiger partial charge is 0.381 e. The lowest BCUT2D eigenvalue weighted by Crippen LogP contribution is -2.35. The molecular formula is C17H27NO. The van der Waals surface area contributed by atoms with Crippen LogP contribution in [0.3, 0.4) is 0 Å². The Bertz CT molecular complexity index is 379. The minimum Gasteiger partial charge on any atom is -0.381 e. The molecule has 1 aromatic rings. The molecule has 1 saturated heterocycles. The maximum absolute atomic E-state index is 5.47. The van der Waals surface area contributed by atoms with Crippen LogP contribution in [0.4, 0.5) is 0 Å². The molecule has 0 amide bonds. The zero-order valence-electron chi connectivity index (χ0n) is 12.6. The van der Waals surface area contributed by atoms with Crippen LogP contribution in [0.15, 0.2) is 24.3 Å². The summed E-state index contributed by atoms with van der Waals surface area (Å²) in [6.45, 7) is 10.8. The van der Waals surface area contributed by atoms with Crippen LogP contribution in [-0.4, -0.2) is 19.3 Å². The van der Waals surface area contributed by atoms with E-state index in [1.165, 1.54) is 17.5 Å². The van der Waals surface area contributed by atoms with Gasteiger partial charge in [-0.15, -0.1) is 0 Å². The van der Waals surface area contributed by atoms with Gasteiger partial charge in [-0.2, -0.15) is 0 Å². The molecule has 1 N–H and O–H groups in total. The molecule has 2 nitrogen and oxygen atoms in total. The highest BCUT2D eigenvalue weighted by Crippen LogP contribution is 2.22. The second-order valence-corrected chi connectivity index (χ2v) is 6.12. The highest BCUT2D eigenvalue weighted by atomic mass is 16.5. The maximum atomic E-state index is 5.47. The Morgan fingerprint density at radius 1 is 1.05 bits per heavy atom. The highest BCUT2D eigenvalue weighted by Gasteiger charge is 2.23. The van der Waals surface area contributed by atoms with E-state index in [4.69, 9.17) is 4.74 Å². The van der Waals surface area contributed by atoms with E-state index in [2.05, 4.69) is 57.3 Å². The normalized spacial score (nSPS) is 22.7. The molecule has 1 aliphatic rings. The molecule has 0 aromatic heterocycles. The van der Waals surface area contributed by atoms with Gasteiger partial charge in [0, 0.05) is 18.7 Å². The summed E-state index contributed by atoms with van der Waals surface area (Å²) in [6, 6.07) is 9.93. The molecule has 106 valence electrons. The minimum absolute atomic E-state index is 0.400. The summed E-state index contributed by atoms with van der Waals surface area (Å²) < 4.78 is 5.47. The minimum atomic E-state index is 0.400. The standard InChI is InChI=1S/C17H27NO/c1-12(2)15-5-7-16(8-6-15)13(3)18-14(4)17-9-10-19-11-17/h5-8,12-14,17-18H,9-11H2,1-4H3. The molecule has 2 rings (SSSR count). The molecule has 0 bridgehead atoms. The monoisotopic (exact) mass is 261 g/mol. The van der Waals surface area contributed by atoms with Crippen LogP contribution in [-0.2, 0) is 4.74 Å². The van der Waals surface area contributed by atoms with Crippen molar-refractivity contribution in [3.8, 4) is 0 Å². The van der Waals surface area contributed by atoms with Crippen molar-refractivity contribution in [2.45, 2.75) is 52.1 Å². The Morgan fingerprint density at radius 2 is 1.68 bits per heavy atom. The number of ether oxygens (including phenoxy) is 1. The smallest absolute Gasteiger partial charge is 0.0509 e. The van der Waals surface area contributed by atoms with Crippen molar-refractivity contribution in [1.29, 1.82) is 0 Å². The molecule has 0 saturated carbocycles. The van der Waals surface area contributed by atoms with Crippen molar-refractivity contribution in [3.63, 3.8) is 0 Å². The van der Waals surface area contributed by atoms with Crippen LogP contribution in [0.25, 0.3) is 0 Å². The first-order valence-electron chi connectivity index (χ1n) is 7.51. The summed E-state index contributed by atoms with van der Waals surface area (Å²) >= 11 is 0. The molecule has 3 unspecified atom stereocenters. The van der Waals surface area contributed by atoms with E-state index in [0.717, 1.165) is 13.2 Å². The molecule has 2 heteroatoms. The lowest BCUT2D eigenvalue weighted by atomic mass is 9.97. The van der Waals surface area contributed by atoms with Gasteiger partial charge < -0.3 is 10.1 Å². The number of rotatable bonds is 5. The predicted molar refractivity (Wildman–Crippen MR) is 80.5 cm³/mol. The van der Waals surface area contributed by atoms with Crippen LogP contribution in [0.5, 0.6) is 0 Å². The van der Waals surface area contributed by atoms with Crippen molar-refractivity contribution in [1.82, 2.24) is 5.32 Å². The molecule has 19 heavy (non-hydrogen) atoms. The van der Waals surface area contributed by atoms with E-state index in [1.807, 2.05) is 0 Å². The fraction of sp³-hybridized carbons (Fsp3) is 0.647. The van der Waals surface area contributed by atoms with Crippen LogP contribution in [0, 0.1) is 5.92 Å². The molecule has 1 aromatic carbocycles. The zero-order valence-corrected chi connectivity index (χ0v) is 12.6. The average Bonchev–Trinajstić information content (AvgIpc) is 2.92. The van der Waals surface area contributed by atoms with Crippen molar-refractivity contribution in [2.75, 3.05) is 13.2 Å². The summed E-state index contributed by atoms with van der Waals surface area (Å²) in [6.07, 6.45) is 1.19. The Balaban J connectivity index is 1.93. The Kier molecular flexibility index (Phi) is 5.00. The number of benzene rings is 1. The summed E-state index contributed by atoms with van der Waals surface area (Å²) in [5.74, 6) is 1.27. The van der Waals surface area contributed by atoms with E-state index in [-0.39, 0.29) is 0 Å². The Labute approximate surface area is 117 Å². The molecule has 0 spiro atoms. The first-order valence-corrected chi connectivity index (χ1v) is 7.51. The van der Waals surface area contributed by atoms with Gasteiger partial charge in [0.25, 0.3) is 0 Å². The third-order valence-corrected chi connectivity index (χ3v) is 4.29. The SMILES string of the molecule is CC(C)c1ccc(C(C)NC(C)C2CCOC2)cc1. The summed E-state index contributed by atoms with van der Waals surface area (Å²) in [5.41, 5.74) is 2.78. The fourth-order valence-electron chi connectivity index (χ4n) is 2.74. The predicted octanol–water partition coefficient (Wildman–Crippen LogP) is 3.89. The van der Waals surface area contributed by atoms with Crippen LogP contribution in [0.1, 0.15) is 57.2 Å². The lowest BCUT2D eigenvalue weighted by molar-refractivity contribution is 0.177. The average molecular weight is 261 g/mol. The van der Waals surface area contributed by atoms with E-state index in [1.54, 1.807) is 0 Å². The highest BCUT2D eigenvalue weighted by molar-refractivity contribution is 5.26. The van der Waals surface area contributed by atoms with Gasteiger partial charge in [0.1, 0.15) is 0 Å². The second kappa shape index (κ2) is 6.53. The van der Waals surface area contributed by atoms with E-state index in [9.17, 15) is 0 Å². The molecule has 1 aliphatic heterocycles. The number of nitrogens with one attached hydrogen (secondary N) is 1. The third kappa shape index (κ3) is 3.80. The first kappa shape index (κ1) is 14.5. The van der Waals surface area contributed by atoms with Crippen molar-refractivity contribution in [2.24, 2.45) is 5.92 Å². The van der Waals surface area contributed by atoms with E-state index < -0.39 is 0 Å². The van der Waals surface area contributed by atoms with Gasteiger partial charge in [-0.1, -0.05) is 38.1 Å². The van der Waals surface area contributed by atoms with Gasteiger partial charge in [0.05, 0.1) is 6.61 Å². The maximum Gasteiger partial charge on any atom is 0.0509 e. The molecule has 1 heterocycles. The number of hydrogen-bond donors (Lipinski definition) is 1. The molecular weight excluding hydrogens is 234 g/mol. The molecule has 0 aliphatic carbocycles. The zero-order chi connectivity index (χ0) is 13.8. The second-order valence-electron chi connectivity index (χ2n) is 6.12. The molecule has 1 fully saturated rings. The van der Waals surface area contributed by atoms with Crippen molar-refractivity contribution in [3.05, 3.63) is 35.4 Å². The van der Waals surface area contributed by atoms with Gasteiger partial charge in [-0.25, -0.2) is 0 Å². The number of hydrogen-bond acceptors (Lipinski definition) is 2. The lowest BCUT2D eigenvalue weighted by Gasteiger charge is -2.24. The van der Waals surface area contributed by atoms with Gasteiger partial charge in [0.2, 0.25) is 0 Å². The van der Waals surface area contributed by atoms with Crippen LogP contribution in [0.2, 0.25) is 0 Å². The van der Waals surface area contributed by atoms with E-state index in [0.29, 0.717) is 23.9 Å². The summed E-state index contributed by atoms with van der Waals surface area (Å²) in [7, 11) is 0. The molecule has 3 atom stereocenters. The quantitative estimate of drug-likeness (QED) is 0.868. The first-order chi connectivity index (χ1) is 9.08. The van der Waals surface area contributed by atoms with Gasteiger partial charge in [-0.3, -0.25) is 0 Å². The summed E-state index contributed by atoms with van der Waals surface area (Å²) in [5, 5.41) is 3.71. The van der Waals surface area contributed by atoms with Gasteiger partial charge in [0.15, 0.2) is 0 Å².